The van der Waals surface area contributed by atoms with Crippen molar-refractivity contribution in [3.63, 3.8) is 0 Å². The largest absolute Gasteiger partial charge is 0.416 e. The van der Waals surface area contributed by atoms with Crippen molar-refractivity contribution in [2.75, 3.05) is 0 Å². The van der Waals surface area contributed by atoms with Gasteiger partial charge in [0.05, 0.1) is 5.56 Å². The average Bonchev–Trinajstić information content (AvgIpc) is 2.14. The zero-order valence-electron chi connectivity index (χ0n) is 7.60. The number of hydrogen-bond donors (Lipinski definition) is 1. The van der Waals surface area contributed by atoms with Gasteiger partial charge in [0, 0.05) is 0 Å². The van der Waals surface area contributed by atoms with Crippen LogP contribution in [0.1, 0.15) is 17.2 Å². The monoisotopic (exact) mass is 304 g/mol. The first-order valence-corrected chi connectivity index (χ1v) is 4.84. The van der Waals surface area contributed by atoms with Crippen molar-refractivity contribution >= 4 is 15.9 Å². The number of rotatable bonds is 2. The van der Waals surface area contributed by atoms with E-state index in [1.165, 1.54) is 0 Å². The number of halogens is 6. The summed E-state index contributed by atoms with van der Waals surface area (Å²) in [5.74, 6) is 0. The maximum absolute atomic E-state index is 12.7. The Morgan fingerprint density at radius 2 is 1.56 bits per heavy atom. The maximum atomic E-state index is 12.7. The Kier molecular flexibility index (Phi) is 3.59. The van der Waals surface area contributed by atoms with Gasteiger partial charge in [0.15, 0.2) is 6.10 Å². The highest BCUT2D eigenvalue weighted by molar-refractivity contribution is 9.10. The number of benzene rings is 1. The van der Waals surface area contributed by atoms with Crippen molar-refractivity contribution in [1.29, 1.82) is 0 Å². The lowest BCUT2D eigenvalue weighted by Crippen LogP contribution is -2.22. The molecule has 0 fully saturated rings. The lowest BCUT2D eigenvalue weighted by molar-refractivity contribution is -0.140. The lowest BCUT2D eigenvalue weighted by Gasteiger charge is -2.20. The summed E-state index contributed by atoms with van der Waals surface area (Å²) in [6.07, 6.45) is -7.33. The first kappa shape index (κ1) is 13.4. The van der Waals surface area contributed by atoms with Crippen molar-refractivity contribution in [3.8, 4) is 0 Å². The Labute approximate surface area is 96.0 Å². The molecule has 0 saturated heterocycles. The topological polar surface area (TPSA) is 20.2 Å². The van der Waals surface area contributed by atoms with E-state index in [0.717, 1.165) is 18.2 Å². The molecule has 7 heteroatoms. The standard InChI is InChI=1S/C9H6BrF5O/c10-8(11,12)7(16)5-3-1-2-4-6(5)9(13,14)15/h1-4,7,16H. The number of hydrogen-bond acceptors (Lipinski definition) is 1. The second-order valence-corrected chi connectivity index (χ2v) is 4.09. The fourth-order valence-corrected chi connectivity index (χ4v) is 1.42. The Bertz CT molecular complexity index is 371. The predicted molar refractivity (Wildman–Crippen MR) is 50.3 cm³/mol. The molecule has 1 N–H and O–H groups in total. The van der Waals surface area contributed by atoms with E-state index in [9.17, 15) is 22.0 Å². The summed E-state index contributed by atoms with van der Waals surface area (Å²) in [6.45, 7) is 0. The first-order chi connectivity index (χ1) is 7.14. The molecule has 0 saturated carbocycles. The summed E-state index contributed by atoms with van der Waals surface area (Å²) in [6, 6.07) is 3.65. The van der Waals surface area contributed by atoms with E-state index in [1.54, 1.807) is 0 Å². The fourth-order valence-electron chi connectivity index (χ4n) is 1.17. The van der Waals surface area contributed by atoms with Crippen LogP contribution in [0.3, 0.4) is 0 Å². The third-order valence-corrected chi connectivity index (χ3v) is 2.30. The van der Waals surface area contributed by atoms with Crippen LogP contribution in [0.25, 0.3) is 0 Å². The van der Waals surface area contributed by atoms with Crippen molar-refractivity contribution < 1.29 is 27.1 Å². The Morgan fingerprint density at radius 1 is 1.06 bits per heavy atom. The molecule has 1 unspecified atom stereocenters. The molecule has 90 valence electrons. The van der Waals surface area contributed by atoms with Crippen LogP contribution in [0.5, 0.6) is 0 Å². The molecular formula is C9H6BrF5O. The SMILES string of the molecule is OC(c1ccccc1C(F)(F)F)C(F)(F)Br. The molecule has 0 aliphatic heterocycles. The molecule has 0 spiro atoms. The molecular weight excluding hydrogens is 299 g/mol. The molecule has 0 amide bonds. The zero-order chi connectivity index (χ0) is 12.6. The number of aliphatic hydroxyl groups excluding tert-OH is 1. The van der Waals surface area contributed by atoms with Gasteiger partial charge in [-0.1, -0.05) is 18.2 Å². The van der Waals surface area contributed by atoms with E-state index < -0.39 is 28.2 Å². The lowest BCUT2D eigenvalue weighted by atomic mass is 10.0. The van der Waals surface area contributed by atoms with E-state index in [-0.39, 0.29) is 0 Å². The summed E-state index contributed by atoms with van der Waals surface area (Å²) < 4.78 is 62.6. The fraction of sp³-hybridized carbons (Fsp3) is 0.333. The van der Waals surface area contributed by atoms with Crippen LogP contribution in [0.2, 0.25) is 0 Å². The minimum absolute atomic E-state index is 0.636. The summed E-state index contributed by atoms with van der Waals surface area (Å²) in [5.41, 5.74) is -2.14. The van der Waals surface area contributed by atoms with Crippen LogP contribution in [0.15, 0.2) is 24.3 Å². The van der Waals surface area contributed by atoms with Crippen molar-refractivity contribution in [3.05, 3.63) is 35.4 Å². The Morgan fingerprint density at radius 3 is 2.00 bits per heavy atom. The third-order valence-electron chi connectivity index (χ3n) is 1.87. The van der Waals surface area contributed by atoms with E-state index in [1.807, 2.05) is 15.9 Å². The molecule has 1 aromatic carbocycles. The van der Waals surface area contributed by atoms with Gasteiger partial charge < -0.3 is 5.11 Å². The van der Waals surface area contributed by atoms with Crippen molar-refractivity contribution in [1.82, 2.24) is 0 Å². The van der Waals surface area contributed by atoms with Gasteiger partial charge in [0.2, 0.25) is 0 Å². The molecule has 0 radical (unpaired) electrons. The quantitative estimate of drug-likeness (QED) is 0.652. The molecule has 0 bridgehead atoms. The van der Waals surface area contributed by atoms with Crippen LogP contribution in [0.4, 0.5) is 22.0 Å². The zero-order valence-corrected chi connectivity index (χ0v) is 9.19. The Balaban J connectivity index is 3.25. The summed E-state index contributed by atoms with van der Waals surface area (Å²) in [7, 11) is 0. The molecule has 1 atom stereocenters. The van der Waals surface area contributed by atoms with Gasteiger partial charge in [-0.3, -0.25) is 0 Å². The molecule has 1 aromatic rings. The smallest absolute Gasteiger partial charge is 0.381 e. The van der Waals surface area contributed by atoms with E-state index in [2.05, 4.69) is 0 Å². The van der Waals surface area contributed by atoms with Gasteiger partial charge in [0.1, 0.15) is 0 Å². The number of aliphatic hydroxyl groups is 1. The van der Waals surface area contributed by atoms with Crippen LogP contribution in [-0.4, -0.2) is 9.94 Å². The van der Waals surface area contributed by atoms with E-state index in [4.69, 9.17) is 5.11 Å². The minimum atomic E-state index is -4.78. The average molecular weight is 305 g/mol. The molecule has 1 rings (SSSR count). The van der Waals surface area contributed by atoms with Crippen LogP contribution < -0.4 is 0 Å². The van der Waals surface area contributed by atoms with Gasteiger partial charge >= 0.3 is 11.0 Å². The van der Waals surface area contributed by atoms with E-state index >= 15 is 0 Å². The number of alkyl halides is 6. The second-order valence-electron chi connectivity index (χ2n) is 3.03. The van der Waals surface area contributed by atoms with Gasteiger partial charge in [-0.15, -0.1) is 0 Å². The van der Waals surface area contributed by atoms with Gasteiger partial charge in [0.25, 0.3) is 0 Å². The maximum Gasteiger partial charge on any atom is 0.416 e. The minimum Gasteiger partial charge on any atom is -0.381 e. The second kappa shape index (κ2) is 4.29. The van der Waals surface area contributed by atoms with Crippen molar-refractivity contribution in [2.45, 2.75) is 17.1 Å². The Hall–Kier alpha value is -0.690. The molecule has 0 aromatic heterocycles. The summed E-state index contributed by atoms with van der Waals surface area (Å²) >= 11 is 1.83. The molecule has 0 aliphatic rings. The molecule has 0 aliphatic carbocycles. The normalized spacial score (nSPS) is 14.9. The predicted octanol–water partition coefficient (Wildman–Crippen LogP) is 3.73. The highest BCUT2D eigenvalue weighted by Gasteiger charge is 2.42. The van der Waals surface area contributed by atoms with Crippen LogP contribution in [-0.2, 0) is 6.18 Å². The van der Waals surface area contributed by atoms with E-state index in [0.29, 0.717) is 6.07 Å². The third kappa shape index (κ3) is 2.91. The highest BCUT2D eigenvalue weighted by atomic mass is 79.9. The molecule has 0 heterocycles. The highest BCUT2D eigenvalue weighted by Crippen LogP contribution is 2.42. The van der Waals surface area contributed by atoms with Gasteiger partial charge in [-0.05, 0) is 27.6 Å². The summed E-state index contributed by atoms with van der Waals surface area (Å²) in [5, 5.41) is 9.10. The van der Waals surface area contributed by atoms with Gasteiger partial charge in [-0.25, -0.2) is 0 Å². The van der Waals surface area contributed by atoms with Crippen LogP contribution >= 0.6 is 15.9 Å². The molecule has 1 nitrogen and oxygen atoms in total. The van der Waals surface area contributed by atoms with Crippen molar-refractivity contribution in [2.24, 2.45) is 0 Å². The first-order valence-electron chi connectivity index (χ1n) is 4.05. The summed E-state index contributed by atoms with van der Waals surface area (Å²) in [4.78, 5) is -3.81. The van der Waals surface area contributed by atoms with Crippen LogP contribution in [0, 0.1) is 0 Å². The van der Waals surface area contributed by atoms with Gasteiger partial charge in [-0.2, -0.15) is 22.0 Å². The molecule has 16 heavy (non-hydrogen) atoms.